The van der Waals surface area contributed by atoms with Crippen molar-refractivity contribution in [3.63, 3.8) is 0 Å². The Morgan fingerprint density at radius 2 is 2.13 bits per heavy atom. The maximum Gasteiger partial charge on any atom is 0.193 e. The number of aliphatic imine (C=N–C) groups is 1. The fourth-order valence-corrected chi connectivity index (χ4v) is 3.57. The monoisotopic (exact) mass is 338 g/mol. The van der Waals surface area contributed by atoms with Crippen molar-refractivity contribution in [2.24, 2.45) is 4.99 Å². The molecule has 1 fully saturated rings. The van der Waals surface area contributed by atoms with Gasteiger partial charge in [0.15, 0.2) is 5.96 Å². The molecule has 0 aromatic carbocycles. The maximum absolute atomic E-state index is 6.09. The van der Waals surface area contributed by atoms with Crippen LogP contribution in [-0.2, 0) is 17.7 Å². The molecule has 0 bridgehead atoms. The molecule has 1 aromatic heterocycles. The minimum Gasteiger partial charge on any atom is -0.372 e. The average molecular weight is 339 g/mol. The zero-order valence-corrected chi connectivity index (χ0v) is 15.9. The van der Waals surface area contributed by atoms with Crippen LogP contribution in [-0.4, -0.2) is 47.7 Å². The quantitative estimate of drug-likeness (QED) is 0.677. The molecule has 1 aromatic rings. The van der Waals surface area contributed by atoms with E-state index in [9.17, 15) is 0 Å². The second kappa shape index (κ2) is 8.11. The van der Waals surface area contributed by atoms with Crippen LogP contribution in [0.1, 0.15) is 50.4 Å². The molecular formula is C17H30N4OS. The van der Waals surface area contributed by atoms with Gasteiger partial charge < -0.3 is 15.0 Å². The van der Waals surface area contributed by atoms with Gasteiger partial charge in [0, 0.05) is 31.2 Å². The van der Waals surface area contributed by atoms with Crippen LogP contribution in [0.5, 0.6) is 0 Å². The van der Waals surface area contributed by atoms with E-state index in [0.29, 0.717) is 6.10 Å². The van der Waals surface area contributed by atoms with E-state index in [-0.39, 0.29) is 5.60 Å². The molecule has 0 saturated carbocycles. The molecular weight excluding hydrogens is 308 g/mol. The van der Waals surface area contributed by atoms with Crippen LogP contribution >= 0.6 is 11.3 Å². The van der Waals surface area contributed by atoms with Gasteiger partial charge in [0.25, 0.3) is 0 Å². The van der Waals surface area contributed by atoms with Gasteiger partial charge >= 0.3 is 0 Å². The number of ether oxygens (including phenoxy) is 1. The summed E-state index contributed by atoms with van der Waals surface area (Å²) in [5.41, 5.74) is -0.0609. The Bertz CT molecular complexity index is 513. The Balaban J connectivity index is 1.81. The van der Waals surface area contributed by atoms with E-state index in [0.717, 1.165) is 49.9 Å². The first kappa shape index (κ1) is 18.2. The lowest BCUT2D eigenvalue weighted by atomic mass is 10.1. The van der Waals surface area contributed by atoms with Crippen molar-refractivity contribution >= 4 is 17.3 Å². The Labute approximate surface area is 144 Å². The number of hydrogen-bond acceptors (Lipinski definition) is 4. The van der Waals surface area contributed by atoms with Crippen LogP contribution in [0.4, 0.5) is 0 Å². The molecule has 0 atom stereocenters. The Hall–Kier alpha value is -1.14. The molecule has 0 spiro atoms. The van der Waals surface area contributed by atoms with Gasteiger partial charge in [0.05, 0.1) is 18.2 Å². The number of aromatic nitrogens is 1. The molecule has 5 nitrogen and oxygen atoms in total. The molecule has 0 amide bonds. The van der Waals surface area contributed by atoms with Gasteiger partial charge in [0.2, 0.25) is 0 Å². The molecule has 1 saturated heterocycles. The first-order valence-corrected chi connectivity index (χ1v) is 9.30. The minimum absolute atomic E-state index is 0.0609. The molecule has 0 unspecified atom stereocenters. The van der Waals surface area contributed by atoms with Crippen LogP contribution in [0.3, 0.4) is 0 Å². The van der Waals surface area contributed by atoms with Gasteiger partial charge in [0.1, 0.15) is 5.01 Å². The molecule has 23 heavy (non-hydrogen) atoms. The summed E-state index contributed by atoms with van der Waals surface area (Å²) in [6.45, 7) is 11.2. The largest absolute Gasteiger partial charge is 0.372 e. The van der Waals surface area contributed by atoms with Crippen LogP contribution in [0, 0.1) is 0 Å². The van der Waals surface area contributed by atoms with Crippen LogP contribution in [0.2, 0.25) is 0 Å². The number of nitrogens with one attached hydrogen (secondary N) is 1. The summed E-state index contributed by atoms with van der Waals surface area (Å²) in [4.78, 5) is 12.5. The fourth-order valence-electron chi connectivity index (χ4n) is 2.77. The number of aryl methyl sites for hydroxylation is 1. The van der Waals surface area contributed by atoms with E-state index in [1.807, 2.05) is 13.2 Å². The smallest absolute Gasteiger partial charge is 0.193 e. The molecule has 1 aliphatic heterocycles. The van der Waals surface area contributed by atoms with Crippen molar-refractivity contribution in [1.82, 2.24) is 15.2 Å². The number of hydrogen-bond donors (Lipinski definition) is 1. The van der Waals surface area contributed by atoms with E-state index in [1.54, 1.807) is 11.3 Å². The lowest BCUT2D eigenvalue weighted by Gasteiger charge is -2.36. The van der Waals surface area contributed by atoms with Crippen molar-refractivity contribution in [2.75, 3.05) is 20.1 Å². The molecule has 0 aliphatic carbocycles. The highest BCUT2D eigenvalue weighted by Gasteiger charge is 2.25. The van der Waals surface area contributed by atoms with Gasteiger partial charge in [-0.25, -0.2) is 4.98 Å². The third-order valence-electron chi connectivity index (χ3n) is 3.82. The summed E-state index contributed by atoms with van der Waals surface area (Å²) in [5.74, 6) is 0.965. The van der Waals surface area contributed by atoms with Crippen LogP contribution < -0.4 is 5.32 Å². The van der Waals surface area contributed by atoms with Gasteiger partial charge in [-0.3, -0.25) is 4.99 Å². The first-order valence-electron chi connectivity index (χ1n) is 8.48. The summed E-state index contributed by atoms with van der Waals surface area (Å²) >= 11 is 1.77. The number of piperidine rings is 1. The van der Waals surface area contributed by atoms with E-state index < -0.39 is 0 Å². The van der Waals surface area contributed by atoms with Gasteiger partial charge in [-0.1, -0.05) is 6.92 Å². The minimum atomic E-state index is -0.0609. The molecule has 1 N–H and O–H groups in total. The summed E-state index contributed by atoms with van der Waals surface area (Å²) in [5, 5.41) is 4.56. The van der Waals surface area contributed by atoms with Crippen molar-refractivity contribution in [1.29, 1.82) is 0 Å². The van der Waals surface area contributed by atoms with Gasteiger partial charge in [-0.2, -0.15) is 0 Å². The topological polar surface area (TPSA) is 49.8 Å². The van der Waals surface area contributed by atoms with E-state index >= 15 is 0 Å². The Morgan fingerprint density at radius 3 is 2.65 bits per heavy atom. The summed E-state index contributed by atoms with van der Waals surface area (Å²) in [6.07, 6.45) is 5.48. The van der Waals surface area contributed by atoms with E-state index in [2.05, 4.69) is 47.9 Å². The van der Waals surface area contributed by atoms with E-state index in [4.69, 9.17) is 4.74 Å². The second-order valence-corrected chi connectivity index (χ2v) is 8.09. The van der Waals surface area contributed by atoms with Gasteiger partial charge in [-0.15, -0.1) is 11.3 Å². The average Bonchev–Trinajstić information content (AvgIpc) is 2.96. The van der Waals surface area contributed by atoms with Crippen molar-refractivity contribution in [2.45, 2.75) is 65.2 Å². The third-order valence-corrected chi connectivity index (χ3v) is 4.96. The standard InChI is InChI=1S/C17H30N4OS/c1-6-14-11-19-15(23-14)12-20-16(18-5)21-9-7-13(8-10-21)22-17(2,3)4/h11,13H,6-10,12H2,1-5H3,(H,18,20). The molecule has 1 aliphatic rings. The lowest BCUT2D eigenvalue weighted by molar-refractivity contribution is -0.0772. The zero-order valence-electron chi connectivity index (χ0n) is 15.1. The van der Waals surface area contributed by atoms with Gasteiger partial charge in [-0.05, 0) is 40.0 Å². The SMILES string of the molecule is CCc1cnc(CNC(=NC)N2CCC(OC(C)(C)C)CC2)s1. The predicted molar refractivity (Wildman–Crippen MR) is 97.1 cm³/mol. The van der Waals surface area contributed by atoms with Crippen LogP contribution in [0.25, 0.3) is 0 Å². The molecule has 2 rings (SSSR count). The summed E-state index contributed by atoms with van der Waals surface area (Å²) in [7, 11) is 1.85. The molecule has 6 heteroatoms. The highest BCUT2D eigenvalue weighted by molar-refractivity contribution is 7.11. The Kier molecular flexibility index (Phi) is 6.41. The number of rotatable bonds is 4. The third kappa shape index (κ3) is 5.77. The normalized spacial score (nSPS) is 17.6. The number of nitrogens with zero attached hydrogens (tertiary/aromatic N) is 3. The lowest BCUT2D eigenvalue weighted by Crippen LogP contribution is -2.47. The predicted octanol–water partition coefficient (Wildman–Crippen LogP) is 3.06. The summed E-state index contributed by atoms with van der Waals surface area (Å²) in [6, 6.07) is 0. The van der Waals surface area contributed by atoms with E-state index in [1.165, 1.54) is 4.88 Å². The number of thiazole rings is 1. The molecule has 2 heterocycles. The maximum atomic E-state index is 6.09. The molecule has 130 valence electrons. The number of likely N-dealkylation sites (tertiary alicyclic amines) is 1. The zero-order chi connectivity index (χ0) is 16.9. The highest BCUT2D eigenvalue weighted by Crippen LogP contribution is 2.20. The molecule has 0 radical (unpaired) electrons. The number of guanidine groups is 1. The fraction of sp³-hybridized carbons (Fsp3) is 0.765. The Morgan fingerprint density at radius 1 is 1.43 bits per heavy atom. The first-order chi connectivity index (χ1) is 10.9. The van der Waals surface area contributed by atoms with Crippen LogP contribution in [0.15, 0.2) is 11.2 Å². The summed E-state index contributed by atoms with van der Waals surface area (Å²) < 4.78 is 6.09. The van der Waals surface area contributed by atoms with Crippen molar-refractivity contribution in [3.05, 3.63) is 16.1 Å². The second-order valence-electron chi connectivity index (χ2n) is 6.89. The van der Waals surface area contributed by atoms with Crippen molar-refractivity contribution in [3.8, 4) is 0 Å². The highest BCUT2D eigenvalue weighted by atomic mass is 32.1. The van der Waals surface area contributed by atoms with Crippen molar-refractivity contribution < 1.29 is 4.74 Å².